The van der Waals surface area contributed by atoms with E-state index in [0.717, 1.165) is 24.2 Å². The third-order valence-electron chi connectivity index (χ3n) is 5.46. The number of benzene rings is 2. The maximum absolute atomic E-state index is 12.1. The van der Waals surface area contributed by atoms with E-state index < -0.39 is 0 Å². The van der Waals surface area contributed by atoms with E-state index in [0.29, 0.717) is 13.0 Å². The first-order valence-electron chi connectivity index (χ1n) is 9.72. The van der Waals surface area contributed by atoms with Crippen molar-refractivity contribution in [3.63, 3.8) is 0 Å². The highest BCUT2D eigenvalue weighted by Crippen LogP contribution is 2.43. The average Bonchev–Trinajstić information content (AvgIpc) is 2.71. The van der Waals surface area contributed by atoms with Crippen LogP contribution in [-0.4, -0.2) is 32.1 Å². The molecule has 1 aliphatic carbocycles. The number of carbonyl (C=O) groups excluding carboxylic acids is 2. The van der Waals surface area contributed by atoms with Crippen LogP contribution in [0.4, 0.5) is 0 Å². The van der Waals surface area contributed by atoms with Crippen LogP contribution < -0.4 is 10.1 Å². The monoisotopic (exact) mass is 381 g/mol. The molecular weight excluding hydrogens is 354 g/mol. The van der Waals surface area contributed by atoms with Gasteiger partial charge in [-0.05, 0) is 42.5 Å². The Kier molecular flexibility index (Phi) is 6.69. The quantitative estimate of drug-likeness (QED) is 0.676. The van der Waals surface area contributed by atoms with Crippen molar-refractivity contribution in [2.75, 3.05) is 20.3 Å². The fourth-order valence-electron chi connectivity index (χ4n) is 3.54. The molecule has 1 saturated carbocycles. The number of methoxy groups -OCH3 is 1. The zero-order valence-corrected chi connectivity index (χ0v) is 16.3. The van der Waals surface area contributed by atoms with Crippen LogP contribution >= 0.6 is 0 Å². The Balaban J connectivity index is 1.38. The summed E-state index contributed by atoms with van der Waals surface area (Å²) >= 11 is 0. The third-order valence-corrected chi connectivity index (χ3v) is 5.46. The molecule has 3 rings (SSSR count). The first kappa shape index (κ1) is 19.9. The molecule has 2 aromatic carbocycles. The lowest BCUT2D eigenvalue weighted by Crippen LogP contribution is -2.46. The van der Waals surface area contributed by atoms with E-state index in [1.807, 2.05) is 42.5 Å². The van der Waals surface area contributed by atoms with E-state index in [2.05, 4.69) is 17.4 Å². The highest BCUT2D eigenvalue weighted by atomic mass is 16.5. The van der Waals surface area contributed by atoms with Crippen LogP contribution in [0.3, 0.4) is 0 Å². The number of nitrogens with one attached hydrogen (secondary N) is 1. The van der Waals surface area contributed by atoms with E-state index >= 15 is 0 Å². The molecule has 5 heteroatoms. The van der Waals surface area contributed by atoms with Gasteiger partial charge in [-0.1, -0.05) is 48.9 Å². The van der Waals surface area contributed by atoms with E-state index in [1.165, 1.54) is 12.0 Å². The molecule has 5 nitrogen and oxygen atoms in total. The predicted molar refractivity (Wildman–Crippen MR) is 107 cm³/mol. The minimum atomic E-state index is -0.368. The molecule has 0 saturated heterocycles. The Labute approximate surface area is 166 Å². The number of aryl methyl sites for hydroxylation is 1. The van der Waals surface area contributed by atoms with Crippen LogP contribution in [-0.2, 0) is 26.2 Å². The van der Waals surface area contributed by atoms with Crippen LogP contribution in [0, 0.1) is 0 Å². The Morgan fingerprint density at radius 1 is 1.04 bits per heavy atom. The molecule has 1 N–H and O–H groups in total. The van der Waals surface area contributed by atoms with Gasteiger partial charge in [-0.25, -0.2) is 0 Å². The lowest BCUT2D eigenvalue weighted by atomic mass is 9.64. The Bertz CT molecular complexity index is 782. The summed E-state index contributed by atoms with van der Waals surface area (Å²) in [4.78, 5) is 24.0. The van der Waals surface area contributed by atoms with Crippen molar-refractivity contribution in [2.45, 2.75) is 37.5 Å². The minimum absolute atomic E-state index is 0.0231. The summed E-state index contributed by atoms with van der Waals surface area (Å²) < 4.78 is 10.2. The SMILES string of the molecule is COc1ccc(CCC(=O)OCC(=O)NCC2(c3ccccc3)CCC2)cc1. The molecule has 0 spiro atoms. The predicted octanol–water partition coefficient (Wildman–Crippen LogP) is 3.41. The smallest absolute Gasteiger partial charge is 0.306 e. The maximum Gasteiger partial charge on any atom is 0.306 e. The number of esters is 1. The number of carbonyl (C=O) groups is 2. The fraction of sp³-hybridized carbons (Fsp3) is 0.391. The molecule has 0 unspecified atom stereocenters. The summed E-state index contributed by atoms with van der Waals surface area (Å²) in [5.41, 5.74) is 2.31. The summed E-state index contributed by atoms with van der Waals surface area (Å²) in [6.45, 7) is 0.353. The van der Waals surface area contributed by atoms with E-state index in [-0.39, 0.29) is 30.3 Å². The molecule has 28 heavy (non-hydrogen) atoms. The van der Waals surface area contributed by atoms with Gasteiger partial charge in [0, 0.05) is 18.4 Å². The van der Waals surface area contributed by atoms with Gasteiger partial charge in [-0.15, -0.1) is 0 Å². The molecule has 1 amide bonds. The number of hydrogen-bond acceptors (Lipinski definition) is 4. The van der Waals surface area contributed by atoms with Gasteiger partial charge in [-0.2, -0.15) is 0 Å². The summed E-state index contributed by atoms with van der Waals surface area (Å²) in [6, 6.07) is 17.8. The Morgan fingerprint density at radius 3 is 2.36 bits per heavy atom. The molecule has 0 heterocycles. The third kappa shape index (κ3) is 5.12. The summed E-state index contributed by atoms with van der Waals surface area (Å²) in [6.07, 6.45) is 4.12. The van der Waals surface area contributed by atoms with Crippen molar-refractivity contribution in [1.82, 2.24) is 5.32 Å². The zero-order valence-electron chi connectivity index (χ0n) is 16.3. The van der Waals surface area contributed by atoms with Crippen molar-refractivity contribution < 1.29 is 19.1 Å². The standard InChI is InChI=1S/C23H27NO4/c1-27-20-11-8-18(9-12-20)10-13-22(26)28-16-21(25)24-17-23(14-5-15-23)19-6-3-2-4-7-19/h2-4,6-9,11-12H,5,10,13-17H2,1H3,(H,24,25). The second kappa shape index (κ2) is 9.40. The lowest BCUT2D eigenvalue weighted by Gasteiger charge is -2.42. The van der Waals surface area contributed by atoms with Crippen molar-refractivity contribution in [3.05, 3.63) is 65.7 Å². The largest absolute Gasteiger partial charge is 0.497 e. The minimum Gasteiger partial charge on any atom is -0.497 e. The van der Waals surface area contributed by atoms with Crippen LogP contribution in [0.2, 0.25) is 0 Å². The van der Waals surface area contributed by atoms with Gasteiger partial charge in [0.1, 0.15) is 5.75 Å². The molecule has 1 aliphatic rings. The van der Waals surface area contributed by atoms with Gasteiger partial charge in [0.2, 0.25) is 0 Å². The lowest BCUT2D eigenvalue weighted by molar-refractivity contribution is -0.148. The second-order valence-electron chi connectivity index (χ2n) is 7.29. The van der Waals surface area contributed by atoms with Crippen molar-refractivity contribution in [2.24, 2.45) is 0 Å². The topological polar surface area (TPSA) is 64.6 Å². The van der Waals surface area contributed by atoms with Gasteiger partial charge >= 0.3 is 5.97 Å². The van der Waals surface area contributed by atoms with Crippen molar-refractivity contribution in [1.29, 1.82) is 0 Å². The molecule has 0 aliphatic heterocycles. The number of amides is 1. The molecule has 0 atom stereocenters. The van der Waals surface area contributed by atoms with Crippen LogP contribution in [0.15, 0.2) is 54.6 Å². The second-order valence-corrected chi connectivity index (χ2v) is 7.29. The summed E-state index contributed by atoms with van der Waals surface area (Å²) in [5.74, 6) is 0.162. The van der Waals surface area contributed by atoms with Crippen molar-refractivity contribution >= 4 is 11.9 Å². The summed E-state index contributed by atoms with van der Waals surface area (Å²) in [5, 5.41) is 2.94. The van der Waals surface area contributed by atoms with E-state index in [4.69, 9.17) is 9.47 Å². The van der Waals surface area contributed by atoms with Gasteiger partial charge in [0.05, 0.1) is 7.11 Å². The number of hydrogen-bond donors (Lipinski definition) is 1. The highest BCUT2D eigenvalue weighted by molar-refractivity contribution is 5.80. The molecule has 1 fully saturated rings. The molecule has 0 aromatic heterocycles. The van der Waals surface area contributed by atoms with Gasteiger partial charge < -0.3 is 14.8 Å². The first-order valence-corrected chi connectivity index (χ1v) is 9.72. The number of rotatable bonds is 9. The van der Waals surface area contributed by atoms with Crippen LogP contribution in [0.1, 0.15) is 36.8 Å². The molecule has 0 radical (unpaired) electrons. The Hall–Kier alpha value is -2.82. The molecule has 148 valence electrons. The van der Waals surface area contributed by atoms with Gasteiger partial charge in [-0.3, -0.25) is 9.59 Å². The molecular formula is C23H27NO4. The van der Waals surface area contributed by atoms with Gasteiger partial charge in [0.15, 0.2) is 6.61 Å². The fourth-order valence-corrected chi connectivity index (χ4v) is 3.54. The van der Waals surface area contributed by atoms with E-state index in [9.17, 15) is 9.59 Å². The van der Waals surface area contributed by atoms with Crippen LogP contribution in [0.5, 0.6) is 5.75 Å². The van der Waals surface area contributed by atoms with Crippen molar-refractivity contribution in [3.8, 4) is 5.75 Å². The maximum atomic E-state index is 12.1. The van der Waals surface area contributed by atoms with E-state index in [1.54, 1.807) is 7.11 Å². The molecule has 2 aromatic rings. The van der Waals surface area contributed by atoms with Crippen LogP contribution in [0.25, 0.3) is 0 Å². The Morgan fingerprint density at radius 2 is 1.75 bits per heavy atom. The normalized spacial score (nSPS) is 14.6. The highest BCUT2D eigenvalue weighted by Gasteiger charge is 2.38. The average molecular weight is 381 g/mol. The first-order chi connectivity index (χ1) is 13.6. The number of ether oxygens (including phenoxy) is 2. The summed E-state index contributed by atoms with van der Waals surface area (Å²) in [7, 11) is 1.62. The molecule has 0 bridgehead atoms. The zero-order chi connectivity index (χ0) is 19.8. The van der Waals surface area contributed by atoms with Gasteiger partial charge in [0.25, 0.3) is 5.91 Å².